The van der Waals surface area contributed by atoms with Crippen molar-refractivity contribution >= 4 is 17.2 Å². The molecule has 0 spiro atoms. The van der Waals surface area contributed by atoms with Gasteiger partial charge in [-0.15, -0.1) is 0 Å². The maximum atomic E-state index is 6.12. The molecule has 126 valence electrons. The molecule has 0 unspecified atom stereocenters. The Morgan fingerprint density at radius 3 is 2.75 bits per heavy atom. The van der Waals surface area contributed by atoms with E-state index in [0.29, 0.717) is 0 Å². The van der Waals surface area contributed by atoms with Crippen LogP contribution in [-0.2, 0) is 6.54 Å². The third-order valence-corrected chi connectivity index (χ3v) is 5.27. The fourth-order valence-electron chi connectivity index (χ4n) is 4.02. The summed E-state index contributed by atoms with van der Waals surface area (Å²) in [5, 5.41) is 0. The second-order valence-corrected chi connectivity index (χ2v) is 6.91. The van der Waals surface area contributed by atoms with Gasteiger partial charge >= 0.3 is 5.89 Å². The molecule has 0 amide bonds. The molecule has 2 heterocycles. The minimum absolute atomic E-state index is 0.929. The molecule has 0 N–H and O–H groups in total. The second kappa shape index (κ2) is 6.84. The maximum Gasteiger partial charge on any atom is 0.374 e. The fraction of sp³-hybridized carbons (Fsp3) is 0.476. The zero-order chi connectivity index (χ0) is 16.4. The van der Waals surface area contributed by atoms with Gasteiger partial charge in [0.25, 0.3) is 5.52 Å². The fourth-order valence-corrected chi connectivity index (χ4v) is 4.02. The van der Waals surface area contributed by atoms with Gasteiger partial charge in [0.05, 0.1) is 6.08 Å². The Hall–Kier alpha value is -2.03. The molecule has 2 aromatic rings. The first-order valence-corrected chi connectivity index (χ1v) is 9.42. The van der Waals surface area contributed by atoms with Crippen molar-refractivity contribution in [2.24, 2.45) is 0 Å². The summed E-state index contributed by atoms with van der Waals surface area (Å²) < 4.78 is 8.39. The van der Waals surface area contributed by atoms with Crippen molar-refractivity contribution in [3.8, 4) is 0 Å². The number of aromatic nitrogens is 1. The van der Waals surface area contributed by atoms with E-state index in [2.05, 4.69) is 46.7 Å². The number of aryl methyl sites for hydroxylation is 1. The van der Waals surface area contributed by atoms with Gasteiger partial charge in [0.15, 0.2) is 0 Å². The molecule has 1 saturated heterocycles. The number of fused-ring (bicyclic) bond motifs is 1. The molecule has 3 nitrogen and oxygen atoms in total. The number of likely N-dealkylation sites (tertiary alicyclic amines) is 1. The topological polar surface area (TPSA) is 20.3 Å². The smallest absolute Gasteiger partial charge is 0.374 e. The first kappa shape index (κ1) is 15.5. The van der Waals surface area contributed by atoms with Crippen LogP contribution in [0.25, 0.3) is 17.2 Å². The predicted molar refractivity (Wildman–Crippen MR) is 97.4 cm³/mol. The highest BCUT2D eigenvalue weighted by Crippen LogP contribution is 2.28. The van der Waals surface area contributed by atoms with Crippen molar-refractivity contribution in [2.45, 2.75) is 52.0 Å². The van der Waals surface area contributed by atoms with Crippen molar-refractivity contribution in [1.82, 2.24) is 4.90 Å². The highest BCUT2D eigenvalue weighted by molar-refractivity contribution is 5.69. The molecule has 0 atom stereocenters. The van der Waals surface area contributed by atoms with E-state index < -0.39 is 0 Å². The first-order chi connectivity index (χ1) is 11.8. The largest absolute Gasteiger partial charge is 0.398 e. The van der Waals surface area contributed by atoms with E-state index in [1.807, 2.05) is 6.07 Å². The maximum absolute atomic E-state index is 6.12. The number of nitrogens with zero attached hydrogens (tertiary/aromatic N) is 2. The number of benzene rings is 1. The van der Waals surface area contributed by atoms with Crippen molar-refractivity contribution in [3.63, 3.8) is 0 Å². The van der Waals surface area contributed by atoms with Crippen LogP contribution in [0.1, 0.15) is 51.3 Å². The molecule has 1 aliphatic heterocycles. The number of piperidine rings is 1. The molecule has 2 aliphatic rings. The molecule has 0 bridgehead atoms. The van der Waals surface area contributed by atoms with Crippen LogP contribution in [0.15, 0.2) is 46.0 Å². The summed E-state index contributed by atoms with van der Waals surface area (Å²) in [6.07, 6.45) is 12.4. The summed E-state index contributed by atoms with van der Waals surface area (Å²) in [7, 11) is 0. The summed E-state index contributed by atoms with van der Waals surface area (Å²) in [6.45, 7) is 5.58. The normalized spacial score (nSPS) is 20.6. The predicted octanol–water partition coefficient (Wildman–Crippen LogP) is 4.68. The molecule has 4 rings (SSSR count). The highest BCUT2D eigenvalue weighted by Gasteiger charge is 2.21. The average Bonchev–Trinajstić information content (AvgIpc) is 2.99. The molecule has 1 fully saturated rings. The SMILES string of the molecule is CC[n+]1c(/C=C2/C=C(N3CCCCC3)CCC2)oc2ccccc21. The highest BCUT2D eigenvalue weighted by atomic mass is 16.3. The third-order valence-electron chi connectivity index (χ3n) is 5.27. The number of oxazole rings is 1. The van der Waals surface area contributed by atoms with Crippen LogP contribution in [0, 0.1) is 0 Å². The molecular formula is C21H27N2O+. The molecule has 1 aromatic heterocycles. The standard InChI is InChI=1S/C21H27N2O/c1-2-23-19-11-4-5-12-20(19)24-21(23)16-17-9-8-10-18(15-17)22-13-6-3-7-14-22/h4-5,11-12,15-16H,2-3,6-10,13-14H2,1H3/q+1. The lowest BCUT2D eigenvalue weighted by Gasteiger charge is -2.33. The van der Waals surface area contributed by atoms with Crippen LogP contribution in [0.4, 0.5) is 0 Å². The van der Waals surface area contributed by atoms with E-state index in [0.717, 1.165) is 24.4 Å². The van der Waals surface area contributed by atoms with Gasteiger partial charge < -0.3 is 9.32 Å². The van der Waals surface area contributed by atoms with Crippen molar-refractivity contribution in [3.05, 3.63) is 47.5 Å². The Kier molecular flexibility index (Phi) is 4.42. The number of para-hydroxylation sites is 2. The minimum Gasteiger partial charge on any atom is -0.398 e. The van der Waals surface area contributed by atoms with E-state index in [1.54, 1.807) is 0 Å². The molecule has 24 heavy (non-hydrogen) atoms. The van der Waals surface area contributed by atoms with Crippen LogP contribution < -0.4 is 4.57 Å². The van der Waals surface area contributed by atoms with Crippen molar-refractivity contribution in [1.29, 1.82) is 0 Å². The van der Waals surface area contributed by atoms with E-state index in [4.69, 9.17) is 4.42 Å². The van der Waals surface area contributed by atoms with Crippen LogP contribution in [0.5, 0.6) is 0 Å². The van der Waals surface area contributed by atoms with Crippen LogP contribution in [0.2, 0.25) is 0 Å². The summed E-state index contributed by atoms with van der Waals surface area (Å²) in [6, 6.07) is 8.31. The Balaban J connectivity index is 1.67. The van der Waals surface area contributed by atoms with E-state index in [1.165, 1.54) is 62.0 Å². The van der Waals surface area contributed by atoms with Gasteiger partial charge in [-0.2, -0.15) is 4.57 Å². The Morgan fingerprint density at radius 2 is 1.92 bits per heavy atom. The molecule has 1 aliphatic carbocycles. The molecule has 0 saturated carbocycles. The van der Waals surface area contributed by atoms with Gasteiger partial charge in [-0.05, 0) is 63.2 Å². The van der Waals surface area contributed by atoms with Gasteiger partial charge in [-0.3, -0.25) is 0 Å². The summed E-state index contributed by atoms with van der Waals surface area (Å²) in [4.78, 5) is 2.60. The second-order valence-electron chi connectivity index (χ2n) is 6.91. The molecule has 3 heteroatoms. The number of hydrogen-bond acceptors (Lipinski definition) is 2. The van der Waals surface area contributed by atoms with Crippen LogP contribution in [0.3, 0.4) is 0 Å². The minimum atomic E-state index is 0.929. The van der Waals surface area contributed by atoms with Crippen molar-refractivity contribution < 1.29 is 8.98 Å². The van der Waals surface area contributed by atoms with Crippen molar-refractivity contribution in [2.75, 3.05) is 13.1 Å². The third kappa shape index (κ3) is 3.00. The van der Waals surface area contributed by atoms with E-state index in [-0.39, 0.29) is 0 Å². The van der Waals surface area contributed by atoms with Gasteiger partial charge in [0, 0.05) is 24.9 Å². The van der Waals surface area contributed by atoms with Gasteiger partial charge in [0.2, 0.25) is 5.58 Å². The zero-order valence-electron chi connectivity index (χ0n) is 14.6. The summed E-state index contributed by atoms with van der Waals surface area (Å²) >= 11 is 0. The molecule has 1 aromatic carbocycles. The quantitative estimate of drug-likeness (QED) is 0.765. The van der Waals surface area contributed by atoms with Crippen LogP contribution in [-0.4, -0.2) is 18.0 Å². The van der Waals surface area contributed by atoms with E-state index >= 15 is 0 Å². The average molecular weight is 323 g/mol. The monoisotopic (exact) mass is 323 g/mol. The Morgan fingerprint density at radius 1 is 1.08 bits per heavy atom. The lowest BCUT2D eigenvalue weighted by molar-refractivity contribution is -0.674. The van der Waals surface area contributed by atoms with Crippen LogP contribution >= 0.6 is 0 Å². The first-order valence-electron chi connectivity index (χ1n) is 9.42. The van der Waals surface area contributed by atoms with Gasteiger partial charge in [-0.25, -0.2) is 0 Å². The number of rotatable bonds is 3. The number of allylic oxidation sites excluding steroid dienone is 3. The van der Waals surface area contributed by atoms with E-state index in [9.17, 15) is 0 Å². The Labute approximate surface area is 144 Å². The zero-order valence-corrected chi connectivity index (χ0v) is 14.6. The summed E-state index contributed by atoms with van der Waals surface area (Å²) in [5.74, 6) is 0.977. The molecular weight excluding hydrogens is 296 g/mol. The lowest BCUT2D eigenvalue weighted by Crippen LogP contribution is -2.33. The lowest BCUT2D eigenvalue weighted by atomic mass is 9.97. The van der Waals surface area contributed by atoms with Gasteiger partial charge in [-0.1, -0.05) is 12.1 Å². The molecule has 0 radical (unpaired) electrons. The van der Waals surface area contributed by atoms with Gasteiger partial charge in [0.1, 0.15) is 6.54 Å². The number of hydrogen-bond donors (Lipinski definition) is 0. The Bertz CT molecular complexity index is 778. The summed E-state index contributed by atoms with van der Waals surface area (Å²) in [5.41, 5.74) is 5.10.